The highest BCUT2D eigenvalue weighted by Crippen LogP contribution is 2.24. The van der Waals surface area contributed by atoms with Crippen LogP contribution in [-0.2, 0) is 6.42 Å². The van der Waals surface area contributed by atoms with E-state index in [2.05, 4.69) is 0 Å². The van der Waals surface area contributed by atoms with Gasteiger partial charge in [0.2, 0.25) is 0 Å². The summed E-state index contributed by atoms with van der Waals surface area (Å²) in [7, 11) is 0. The summed E-state index contributed by atoms with van der Waals surface area (Å²) < 4.78 is 32.0. The van der Waals surface area contributed by atoms with Crippen molar-refractivity contribution in [3.63, 3.8) is 0 Å². The molecule has 2 aromatic rings. The summed E-state index contributed by atoms with van der Waals surface area (Å²) in [6.45, 7) is 2.39. The van der Waals surface area contributed by atoms with E-state index >= 15 is 0 Å². The topological polar surface area (TPSA) is 29.5 Å². The maximum absolute atomic E-state index is 13.5. The van der Waals surface area contributed by atoms with Gasteiger partial charge in [0.15, 0.2) is 0 Å². The lowest BCUT2D eigenvalue weighted by atomic mass is 10.0. The van der Waals surface area contributed by atoms with Gasteiger partial charge in [0.05, 0.1) is 12.7 Å². The molecule has 0 aromatic heterocycles. The first-order chi connectivity index (χ1) is 9.60. The number of aliphatic hydroxyl groups excluding tert-OH is 1. The predicted molar refractivity (Wildman–Crippen MR) is 72.6 cm³/mol. The van der Waals surface area contributed by atoms with Gasteiger partial charge >= 0.3 is 0 Å². The van der Waals surface area contributed by atoms with E-state index in [1.165, 1.54) is 0 Å². The molecule has 0 aliphatic heterocycles. The van der Waals surface area contributed by atoms with Crippen molar-refractivity contribution in [2.75, 3.05) is 6.61 Å². The van der Waals surface area contributed by atoms with Crippen LogP contribution in [0.3, 0.4) is 0 Å². The molecule has 2 aromatic carbocycles. The number of rotatable bonds is 5. The van der Waals surface area contributed by atoms with E-state index in [-0.39, 0.29) is 12.0 Å². The zero-order valence-corrected chi connectivity index (χ0v) is 11.1. The van der Waals surface area contributed by atoms with Crippen LogP contribution in [0, 0.1) is 11.6 Å². The molecule has 2 rings (SSSR count). The van der Waals surface area contributed by atoms with Crippen molar-refractivity contribution in [3.8, 4) is 5.75 Å². The fourth-order valence-electron chi connectivity index (χ4n) is 2.00. The summed E-state index contributed by atoms with van der Waals surface area (Å²) in [6, 6.07) is 10.2. The molecule has 106 valence electrons. The summed E-state index contributed by atoms with van der Waals surface area (Å²) in [6.07, 6.45) is -0.897. The lowest BCUT2D eigenvalue weighted by molar-refractivity contribution is 0.176. The first kappa shape index (κ1) is 14.5. The Balaban J connectivity index is 2.17. The zero-order valence-electron chi connectivity index (χ0n) is 11.1. The molecule has 1 atom stereocenters. The maximum atomic E-state index is 13.5. The standard InChI is InChI=1S/C16H16F2O2/c1-2-20-14-5-3-4-11(9-14)16(19)10-12-8-13(17)6-7-15(12)18/h3-9,16,19H,2,10H2,1H3. The monoisotopic (exact) mass is 278 g/mol. The lowest BCUT2D eigenvalue weighted by Crippen LogP contribution is -2.04. The van der Waals surface area contributed by atoms with Gasteiger partial charge in [-0.05, 0) is 48.4 Å². The highest BCUT2D eigenvalue weighted by molar-refractivity contribution is 5.31. The fraction of sp³-hybridized carbons (Fsp3) is 0.250. The van der Waals surface area contributed by atoms with Gasteiger partial charge in [-0.25, -0.2) is 8.78 Å². The van der Waals surface area contributed by atoms with Crippen LogP contribution in [0.15, 0.2) is 42.5 Å². The summed E-state index contributed by atoms with van der Waals surface area (Å²) in [5.41, 5.74) is 0.763. The molecule has 0 saturated heterocycles. The first-order valence-electron chi connectivity index (χ1n) is 6.45. The summed E-state index contributed by atoms with van der Waals surface area (Å²) in [5, 5.41) is 10.1. The molecule has 0 aliphatic carbocycles. The normalized spacial score (nSPS) is 12.2. The Morgan fingerprint density at radius 3 is 2.70 bits per heavy atom. The Hall–Kier alpha value is -1.94. The molecule has 0 fully saturated rings. The molecule has 20 heavy (non-hydrogen) atoms. The summed E-state index contributed by atoms with van der Waals surface area (Å²) in [5.74, 6) is -0.396. The Morgan fingerprint density at radius 1 is 1.15 bits per heavy atom. The predicted octanol–water partition coefficient (Wildman–Crippen LogP) is 3.64. The molecule has 1 unspecified atom stereocenters. The van der Waals surface area contributed by atoms with Gasteiger partial charge in [0, 0.05) is 6.42 Å². The Morgan fingerprint density at radius 2 is 1.95 bits per heavy atom. The van der Waals surface area contributed by atoms with E-state index in [0.29, 0.717) is 17.9 Å². The number of benzene rings is 2. The van der Waals surface area contributed by atoms with E-state index in [0.717, 1.165) is 18.2 Å². The summed E-state index contributed by atoms with van der Waals surface area (Å²) >= 11 is 0. The van der Waals surface area contributed by atoms with Gasteiger partial charge in [0.1, 0.15) is 17.4 Å². The van der Waals surface area contributed by atoms with Crippen LogP contribution < -0.4 is 4.74 Å². The van der Waals surface area contributed by atoms with Crippen LogP contribution in [0.5, 0.6) is 5.75 Å². The molecule has 0 spiro atoms. The van der Waals surface area contributed by atoms with Crippen molar-refractivity contribution >= 4 is 0 Å². The van der Waals surface area contributed by atoms with Crippen molar-refractivity contribution < 1.29 is 18.6 Å². The molecule has 0 aliphatic rings. The number of aliphatic hydroxyl groups is 1. The van der Waals surface area contributed by atoms with Gasteiger partial charge in [-0.2, -0.15) is 0 Å². The van der Waals surface area contributed by atoms with E-state index in [4.69, 9.17) is 4.74 Å². The number of halogens is 2. The molecule has 0 radical (unpaired) electrons. The number of ether oxygens (including phenoxy) is 1. The van der Waals surface area contributed by atoms with E-state index in [1.54, 1.807) is 24.3 Å². The fourth-order valence-corrected chi connectivity index (χ4v) is 2.00. The molecular weight excluding hydrogens is 262 g/mol. The molecule has 2 nitrogen and oxygen atoms in total. The first-order valence-corrected chi connectivity index (χ1v) is 6.45. The molecule has 0 saturated carbocycles. The Kier molecular flexibility index (Phi) is 4.69. The van der Waals surface area contributed by atoms with Gasteiger partial charge in [0.25, 0.3) is 0 Å². The number of hydrogen-bond acceptors (Lipinski definition) is 2. The molecular formula is C16H16F2O2. The van der Waals surface area contributed by atoms with Crippen molar-refractivity contribution in [3.05, 3.63) is 65.2 Å². The molecule has 1 N–H and O–H groups in total. The largest absolute Gasteiger partial charge is 0.494 e. The van der Waals surface area contributed by atoms with E-state index in [1.807, 2.05) is 6.92 Å². The van der Waals surface area contributed by atoms with Crippen LogP contribution in [0.25, 0.3) is 0 Å². The SMILES string of the molecule is CCOc1cccc(C(O)Cc2cc(F)ccc2F)c1. The van der Waals surface area contributed by atoms with Crippen LogP contribution in [0.4, 0.5) is 8.78 Å². The zero-order chi connectivity index (χ0) is 14.5. The second-order valence-corrected chi connectivity index (χ2v) is 4.46. The van der Waals surface area contributed by atoms with Gasteiger partial charge in [-0.3, -0.25) is 0 Å². The van der Waals surface area contributed by atoms with Crippen LogP contribution >= 0.6 is 0 Å². The third-order valence-corrected chi connectivity index (χ3v) is 2.97. The van der Waals surface area contributed by atoms with Crippen molar-refractivity contribution in [1.29, 1.82) is 0 Å². The molecule has 0 bridgehead atoms. The van der Waals surface area contributed by atoms with Crippen molar-refractivity contribution in [2.45, 2.75) is 19.4 Å². The maximum Gasteiger partial charge on any atom is 0.126 e. The average Bonchev–Trinajstić information content (AvgIpc) is 2.43. The van der Waals surface area contributed by atoms with Crippen molar-refractivity contribution in [1.82, 2.24) is 0 Å². The minimum atomic E-state index is -0.910. The van der Waals surface area contributed by atoms with E-state index in [9.17, 15) is 13.9 Å². The van der Waals surface area contributed by atoms with Crippen molar-refractivity contribution in [2.24, 2.45) is 0 Å². The third kappa shape index (κ3) is 3.54. The lowest BCUT2D eigenvalue weighted by Gasteiger charge is -2.13. The van der Waals surface area contributed by atoms with Gasteiger partial charge < -0.3 is 9.84 Å². The van der Waals surface area contributed by atoms with E-state index < -0.39 is 17.7 Å². The smallest absolute Gasteiger partial charge is 0.126 e. The second-order valence-electron chi connectivity index (χ2n) is 4.46. The quantitative estimate of drug-likeness (QED) is 0.904. The minimum Gasteiger partial charge on any atom is -0.494 e. The van der Waals surface area contributed by atoms with Crippen LogP contribution in [0.2, 0.25) is 0 Å². The number of hydrogen-bond donors (Lipinski definition) is 1. The van der Waals surface area contributed by atoms with Gasteiger partial charge in [-0.15, -0.1) is 0 Å². The highest BCUT2D eigenvalue weighted by Gasteiger charge is 2.13. The Labute approximate surface area is 116 Å². The second kappa shape index (κ2) is 6.48. The van der Waals surface area contributed by atoms with Crippen LogP contribution in [0.1, 0.15) is 24.2 Å². The highest BCUT2D eigenvalue weighted by atomic mass is 19.1. The third-order valence-electron chi connectivity index (χ3n) is 2.97. The summed E-state index contributed by atoms with van der Waals surface area (Å²) in [4.78, 5) is 0. The average molecular weight is 278 g/mol. The molecule has 0 heterocycles. The minimum absolute atomic E-state index is 0.0131. The molecule has 0 amide bonds. The molecule has 4 heteroatoms. The Bertz CT molecular complexity index is 584. The van der Waals surface area contributed by atoms with Crippen LogP contribution in [-0.4, -0.2) is 11.7 Å². The van der Waals surface area contributed by atoms with Gasteiger partial charge in [-0.1, -0.05) is 12.1 Å².